The van der Waals surface area contributed by atoms with Crippen molar-refractivity contribution in [2.75, 3.05) is 39.8 Å². The SMILES string of the molecule is CN(CCCO)C1CCN(CC(C)(C)CCC#N)CC1. The molecule has 0 bridgehead atoms. The van der Waals surface area contributed by atoms with Crippen LogP contribution < -0.4 is 0 Å². The van der Waals surface area contributed by atoms with Gasteiger partial charge in [-0.3, -0.25) is 0 Å². The third-order valence-electron chi connectivity index (χ3n) is 4.41. The fourth-order valence-electron chi connectivity index (χ4n) is 3.10. The van der Waals surface area contributed by atoms with Crippen LogP contribution in [0.4, 0.5) is 0 Å². The van der Waals surface area contributed by atoms with Gasteiger partial charge in [0, 0.05) is 32.2 Å². The van der Waals surface area contributed by atoms with Crippen molar-refractivity contribution in [3.63, 3.8) is 0 Å². The molecule has 0 aromatic rings. The summed E-state index contributed by atoms with van der Waals surface area (Å²) in [6.45, 7) is 9.23. The van der Waals surface area contributed by atoms with Crippen LogP contribution in [0.5, 0.6) is 0 Å². The van der Waals surface area contributed by atoms with Gasteiger partial charge in [-0.05, 0) is 51.2 Å². The lowest BCUT2D eigenvalue weighted by Gasteiger charge is -2.40. The summed E-state index contributed by atoms with van der Waals surface area (Å²) in [5, 5.41) is 17.6. The number of aliphatic hydroxyl groups excluding tert-OH is 1. The smallest absolute Gasteiger partial charge is 0.0621 e. The van der Waals surface area contributed by atoms with E-state index in [1.807, 2.05) is 0 Å². The van der Waals surface area contributed by atoms with E-state index < -0.39 is 0 Å². The molecule has 1 aliphatic heterocycles. The summed E-state index contributed by atoms with van der Waals surface area (Å²) in [5.41, 5.74) is 0.241. The molecule has 1 heterocycles. The second-order valence-electron chi connectivity index (χ2n) is 6.89. The van der Waals surface area contributed by atoms with E-state index in [1.54, 1.807) is 0 Å². The Morgan fingerprint density at radius 3 is 2.55 bits per heavy atom. The normalized spacial score (nSPS) is 18.4. The van der Waals surface area contributed by atoms with Crippen LogP contribution in [-0.2, 0) is 0 Å². The highest BCUT2D eigenvalue weighted by Gasteiger charge is 2.26. The first-order valence-corrected chi connectivity index (χ1v) is 7.89. The Morgan fingerprint density at radius 2 is 2.00 bits per heavy atom. The number of nitriles is 1. The Bertz CT molecular complexity index is 303. The van der Waals surface area contributed by atoms with Crippen LogP contribution in [0, 0.1) is 16.7 Å². The Kier molecular flexibility index (Phi) is 7.50. The maximum atomic E-state index is 8.90. The van der Waals surface area contributed by atoms with Gasteiger partial charge >= 0.3 is 0 Å². The first-order chi connectivity index (χ1) is 9.48. The molecule has 1 N–H and O–H groups in total. The molecule has 0 radical (unpaired) electrons. The van der Waals surface area contributed by atoms with Crippen molar-refractivity contribution in [1.82, 2.24) is 9.80 Å². The third kappa shape index (κ3) is 6.21. The van der Waals surface area contributed by atoms with Crippen LogP contribution in [0.15, 0.2) is 0 Å². The molecule has 0 aliphatic carbocycles. The lowest BCUT2D eigenvalue weighted by molar-refractivity contribution is 0.0918. The van der Waals surface area contributed by atoms with Gasteiger partial charge in [-0.15, -0.1) is 0 Å². The summed E-state index contributed by atoms with van der Waals surface area (Å²) >= 11 is 0. The van der Waals surface area contributed by atoms with Crippen LogP contribution in [0.1, 0.15) is 46.0 Å². The number of hydrogen-bond acceptors (Lipinski definition) is 4. The van der Waals surface area contributed by atoms with Gasteiger partial charge in [0.1, 0.15) is 0 Å². The minimum Gasteiger partial charge on any atom is -0.396 e. The second kappa shape index (κ2) is 8.61. The van der Waals surface area contributed by atoms with Crippen LogP contribution >= 0.6 is 0 Å². The van der Waals surface area contributed by atoms with Gasteiger partial charge in [-0.25, -0.2) is 0 Å². The highest BCUT2D eigenvalue weighted by atomic mass is 16.3. The summed E-state index contributed by atoms with van der Waals surface area (Å²) in [6.07, 6.45) is 4.96. The van der Waals surface area contributed by atoms with E-state index in [4.69, 9.17) is 10.4 Å². The van der Waals surface area contributed by atoms with E-state index in [0.29, 0.717) is 12.5 Å². The molecule has 1 fully saturated rings. The van der Waals surface area contributed by atoms with Crippen molar-refractivity contribution < 1.29 is 5.11 Å². The minimum absolute atomic E-state index is 0.241. The summed E-state index contributed by atoms with van der Waals surface area (Å²) < 4.78 is 0. The van der Waals surface area contributed by atoms with E-state index >= 15 is 0 Å². The summed E-state index contributed by atoms with van der Waals surface area (Å²) in [4.78, 5) is 4.95. The molecule has 4 nitrogen and oxygen atoms in total. The van der Waals surface area contributed by atoms with Gasteiger partial charge in [0.2, 0.25) is 0 Å². The number of aliphatic hydroxyl groups is 1. The molecule has 0 saturated carbocycles. The van der Waals surface area contributed by atoms with Crippen LogP contribution in [-0.4, -0.2) is 60.8 Å². The molecule has 0 unspecified atom stereocenters. The highest BCUT2D eigenvalue weighted by Crippen LogP contribution is 2.26. The minimum atomic E-state index is 0.241. The average molecular weight is 281 g/mol. The monoisotopic (exact) mass is 281 g/mol. The molecule has 1 aliphatic rings. The molecule has 1 rings (SSSR count). The largest absolute Gasteiger partial charge is 0.396 e. The van der Waals surface area contributed by atoms with E-state index in [2.05, 4.69) is 36.8 Å². The lowest BCUT2D eigenvalue weighted by Crippen LogP contribution is -2.46. The van der Waals surface area contributed by atoms with Crippen LogP contribution in [0.25, 0.3) is 0 Å². The molecular weight excluding hydrogens is 250 g/mol. The molecule has 1 saturated heterocycles. The summed E-state index contributed by atoms with van der Waals surface area (Å²) in [5.74, 6) is 0. The fourth-order valence-corrected chi connectivity index (χ4v) is 3.10. The molecule has 20 heavy (non-hydrogen) atoms. The number of rotatable bonds is 8. The summed E-state index contributed by atoms with van der Waals surface area (Å²) in [7, 11) is 2.17. The van der Waals surface area contributed by atoms with Gasteiger partial charge in [-0.2, -0.15) is 5.26 Å². The Balaban J connectivity index is 2.29. The quantitative estimate of drug-likeness (QED) is 0.740. The van der Waals surface area contributed by atoms with Crippen molar-refractivity contribution in [3.8, 4) is 6.07 Å². The zero-order valence-corrected chi connectivity index (χ0v) is 13.4. The molecule has 0 amide bonds. The molecule has 116 valence electrons. The number of piperidine rings is 1. The number of likely N-dealkylation sites (tertiary alicyclic amines) is 1. The maximum absolute atomic E-state index is 8.90. The van der Waals surface area contributed by atoms with Crippen molar-refractivity contribution in [1.29, 1.82) is 5.26 Å². The molecule has 0 aromatic carbocycles. The topological polar surface area (TPSA) is 50.5 Å². The van der Waals surface area contributed by atoms with Crippen molar-refractivity contribution in [2.24, 2.45) is 5.41 Å². The molecular formula is C16H31N3O. The van der Waals surface area contributed by atoms with Crippen molar-refractivity contribution in [2.45, 2.75) is 52.0 Å². The second-order valence-corrected chi connectivity index (χ2v) is 6.89. The number of nitrogens with zero attached hydrogens (tertiary/aromatic N) is 3. The Morgan fingerprint density at radius 1 is 1.35 bits per heavy atom. The van der Waals surface area contributed by atoms with Gasteiger partial charge in [-0.1, -0.05) is 13.8 Å². The maximum Gasteiger partial charge on any atom is 0.0621 e. The lowest BCUT2D eigenvalue weighted by atomic mass is 9.86. The zero-order valence-electron chi connectivity index (χ0n) is 13.4. The average Bonchev–Trinajstić information content (AvgIpc) is 2.43. The van der Waals surface area contributed by atoms with Crippen molar-refractivity contribution >= 4 is 0 Å². The zero-order chi connectivity index (χ0) is 15.0. The standard InChI is InChI=1S/C16H31N3O/c1-16(2,8-4-9-17)14-19-11-6-15(7-12-19)18(3)10-5-13-20/h15,20H,4-8,10-14H2,1-3H3. The van der Waals surface area contributed by atoms with Crippen molar-refractivity contribution in [3.05, 3.63) is 0 Å². The first kappa shape index (κ1) is 17.4. The van der Waals surface area contributed by atoms with E-state index in [9.17, 15) is 0 Å². The van der Waals surface area contributed by atoms with Crippen LogP contribution in [0.3, 0.4) is 0 Å². The molecule has 0 aromatic heterocycles. The van der Waals surface area contributed by atoms with Gasteiger partial charge in [0.05, 0.1) is 6.07 Å². The summed E-state index contributed by atoms with van der Waals surface area (Å²) in [6, 6.07) is 2.92. The fraction of sp³-hybridized carbons (Fsp3) is 0.938. The third-order valence-corrected chi connectivity index (χ3v) is 4.41. The first-order valence-electron chi connectivity index (χ1n) is 7.89. The van der Waals surface area contributed by atoms with Gasteiger partial charge < -0.3 is 14.9 Å². The molecule has 4 heteroatoms. The van der Waals surface area contributed by atoms with E-state index in [1.165, 1.54) is 12.8 Å². The Hall–Kier alpha value is -0.630. The van der Waals surface area contributed by atoms with Gasteiger partial charge in [0.25, 0.3) is 0 Å². The predicted octanol–water partition coefficient (Wildman–Crippen LogP) is 2.09. The highest BCUT2D eigenvalue weighted by molar-refractivity contribution is 4.84. The molecule has 0 spiro atoms. The molecule has 0 atom stereocenters. The van der Waals surface area contributed by atoms with E-state index in [0.717, 1.165) is 39.0 Å². The predicted molar refractivity (Wildman–Crippen MR) is 82.4 cm³/mol. The Labute approximate surface area is 124 Å². The van der Waals surface area contributed by atoms with Crippen LogP contribution in [0.2, 0.25) is 0 Å². The number of hydrogen-bond donors (Lipinski definition) is 1. The van der Waals surface area contributed by atoms with E-state index in [-0.39, 0.29) is 12.0 Å². The van der Waals surface area contributed by atoms with Gasteiger partial charge in [0.15, 0.2) is 0 Å².